The smallest absolute Gasteiger partial charge is 0.132 e. The Morgan fingerprint density at radius 2 is 2.17 bits per heavy atom. The fourth-order valence-electron chi connectivity index (χ4n) is 1.78. The molecule has 0 atom stereocenters. The Hall–Kier alpha value is -1.81. The first-order chi connectivity index (χ1) is 8.69. The van der Waals surface area contributed by atoms with Gasteiger partial charge in [-0.2, -0.15) is 0 Å². The third-order valence-electron chi connectivity index (χ3n) is 2.72. The fourth-order valence-corrected chi connectivity index (χ4v) is 1.78. The van der Waals surface area contributed by atoms with E-state index in [1.165, 1.54) is 12.1 Å². The Morgan fingerprint density at radius 3 is 2.89 bits per heavy atom. The van der Waals surface area contributed by atoms with Crippen molar-refractivity contribution in [3.8, 4) is 0 Å². The van der Waals surface area contributed by atoms with Gasteiger partial charge in [-0.3, -0.25) is 0 Å². The van der Waals surface area contributed by atoms with Crippen LogP contribution in [-0.4, -0.2) is 17.0 Å². The Bertz CT molecular complexity index is 540. The number of nitrogens with zero attached hydrogens (tertiary/aromatic N) is 2. The molecule has 0 fully saturated rings. The van der Waals surface area contributed by atoms with Gasteiger partial charge >= 0.3 is 0 Å². The predicted molar refractivity (Wildman–Crippen MR) is 68.7 cm³/mol. The summed E-state index contributed by atoms with van der Waals surface area (Å²) in [4.78, 5) is 8.78. The number of aromatic nitrogens is 2. The van der Waals surface area contributed by atoms with Crippen LogP contribution in [0.1, 0.15) is 22.6 Å². The second-order valence-corrected chi connectivity index (χ2v) is 4.25. The molecule has 18 heavy (non-hydrogen) atoms. The Balaban J connectivity index is 2.21. The van der Waals surface area contributed by atoms with Gasteiger partial charge in [-0.25, -0.2) is 14.4 Å². The van der Waals surface area contributed by atoms with E-state index in [0.29, 0.717) is 13.0 Å². The van der Waals surface area contributed by atoms with E-state index in [0.717, 1.165) is 22.6 Å². The molecule has 1 aromatic carbocycles. The van der Waals surface area contributed by atoms with Crippen molar-refractivity contribution in [2.75, 3.05) is 7.05 Å². The van der Waals surface area contributed by atoms with Crippen molar-refractivity contribution in [3.63, 3.8) is 0 Å². The average Bonchev–Trinajstić information content (AvgIpc) is 2.34. The third kappa shape index (κ3) is 3.11. The van der Waals surface area contributed by atoms with Crippen LogP contribution in [0.4, 0.5) is 4.39 Å². The molecule has 1 aromatic heterocycles. The van der Waals surface area contributed by atoms with Crippen molar-refractivity contribution in [1.82, 2.24) is 15.3 Å². The molecular formula is C14H16FN3. The summed E-state index contributed by atoms with van der Waals surface area (Å²) in [6, 6.07) is 6.53. The molecule has 0 radical (unpaired) electrons. The van der Waals surface area contributed by atoms with E-state index >= 15 is 0 Å². The normalized spacial score (nSPS) is 10.6. The molecule has 1 N–H and O–H groups in total. The average molecular weight is 245 g/mol. The van der Waals surface area contributed by atoms with Crippen LogP contribution in [0, 0.1) is 12.7 Å². The van der Waals surface area contributed by atoms with Gasteiger partial charge in [0.15, 0.2) is 0 Å². The van der Waals surface area contributed by atoms with Crippen LogP contribution in [0.25, 0.3) is 0 Å². The van der Waals surface area contributed by atoms with E-state index in [1.54, 1.807) is 6.07 Å². The van der Waals surface area contributed by atoms with Crippen molar-refractivity contribution in [2.24, 2.45) is 0 Å². The lowest BCUT2D eigenvalue weighted by Crippen LogP contribution is -2.11. The molecule has 0 saturated heterocycles. The number of nitrogens with one attached hydrogen (secondary N) is 1. The molecule has 0 bridgehead atoms. The highest BCUT2D eigenvalue weighted by molar-refractivity contribution is 5.22. The van der Waals surface area contributed by atoms with Crippen LogP contribution in [0.3, 0.4) is 0 Å². The summed E-state index contributed by atoms with van der Waals surface area (Å²) in [5.41, 5.74) is 2.93. The van der Waals surface area contributed by atoms with Crippen molar-refractivity contribution in [2.45, 2.75) is 19.9 Å². The molecule has 0 saturated carbocycles. The molecular weight excluding hydrogens is 229 g/mol. The number of aryl methyl sites for hydroxylation is 1. The molecule has 4 heteroatoms. The van der Waals surface area contributed by atoms with Crippen molar-refractivity contribution >= 4 is 0 Å². The first-order valence-electron chi connectivity index (χ1n) is 5.89. The summed E-state index contributed by atoms with van der Waals surface area (Å²) in [6.45, 7) is 2.70. The van der Waals surface area contributed by atoms with Crippen molar-refractivity contribution in [3.05, 3.63) is 58.9 Å². The molecule has 0 unspecified atom stereocenters. The van der Waals surface area contributed by atoms with Gasteiger partial charge in [0, 0.05) is 19.2 Å². The van der Waals surface area contributed by atoms with Gasteiger partial charge in [-0.1, -0.05) is 12.1 Å². The highest BCUT2D eigenvalue weighted by Gasteiger charge is 2.05. The minimum Gasteiger partial charge on any atom is -0.314 e. The minimum absolute atomic E-state index is 0.227. The summed E-state index contributed by atoms with van der Waals surface area (Å²) < 4.78 is 13.1. The maximum atomic E-state index is 13.1. The molecule has 0 spiro atoms. The monoisotopic (exact) mass is 245 g/mol. The summed E-state index contributed by atoms with van der Waals surface area (Å²) in [5, 5.41) is 3.07. The molecule has 3 nitrogen and oxygen atoms in total. The van der Waals surface area contributed by atoms with Gasteiger partial charge in [0.2, 0.25) is 0 Å². The van der Waals surface area contributed by atoms with Crippen molar-refractivity contribution in [1.29, 1.82) is 0 Å². The Morgan fingerprint density at radius 1 is 1.33 bits per heavy atom. The van der Waals surface area contributed by atoms with E-state index in [4.69, 9.17) is 0 Å². The van der Waals surface area contributed by atoms with E-state index < -0.39 is 0 Å². The highest BCUT2D eigenvalue weighted by atomic mass is 19.1. The van der Waals surface area contributed by atoms with Crippen molar-refractivity contribution < 1.29 is 4.39 Å². The van der Waals surface area contributed by atoms with Crippen LogP contribution >= 0.6 is 0 Å². The van der Waals surface area contributed by atoms with Crippen LogP contribution in [0.2, 0.25) is 0 Å². The predicted octanol–water partition coefficient (Wildman–Crippen LogP) is 2.23. The molecule has 2 aromatic rings. The second kappa shape index (κ2) is 5.69. The molecule has 0 aliphatic carbocycles. The standard InChI is InChI=1S/C14H16FN3/c1-10-8-17-14(18-13(10)9-16-2)7-11-4-3-5-12(15)6-11/h3-6,8,16H,7,9H2,1-2H3. The van der Waals surface area contributed by atoms with Gasteiger partial charge in [0.25, 0.3) is 0 Å². The minimum atomic E-state index is -0.227. The highest BCUT2D eigenvalue weighted by Crippen LogP contribution is 2.10. The number of hydrogen-bond acceptors (Lipinski definition) is 3. The van der Waals surface area contributed by atoms with Gasteiger partial charge in [-0.05, 0) is 37.2 Å². The second-order valence-electron chi connectivity index (χ2n) is 4.25. The lowest BCUT2D eigenvalue weighted by Gasteiger charge is -2.07. The largest absolute Gasteiger partial charge is 0.314 e. The van der Waals surface area contributed by atoms with Gasteiger partial charge in [0.05, 0.1) is 5.69 Å². The van der Waals surface area contributed by atoms with Crippen LogP contribution in [0.15, 0.2) is 30.5 Å². The lowest BCUT2D eigenvalue weighted by molar-refractivity contribution is 0.625. The lowest BCUT2D eigenvalue weighted by atomic mass is 10.1. The molecule has 94 valence electrons. The van der Waals surface area contributed by atoms with Crippen LogP contribution in [-0.2, 0) is 13.0 Å². The molecule has 0 amide bonds. The summed E-state index contributed by atoms with van der Waals surface area (Å²) in [5.74, 6) is 0.492. The first kappa shape index (κ1) is 12.6. The quantitative estimate of drug-likeness (QED) is 0.897. The van der Waals surface area contributed by atoms with Gasteiger partial charge in [0.1, 0.15) is 11.6 Å². The zero-order valence-corrected chi connectivity index (χ0v) is 10.6. The molecule has 2 rings (SSSR count). The van der Waals surface area contributed by atoms with Crippen LogP contribution in [0.5, 0.6) is 0 Å². The van der Waals surface area contributed by atoms with Gasteiger partial charge in [-0.15, -0.1) is 0 Å². The third-order valence-corrected chi connectivity index (χ3v) is 2.72. The fraction of sp³-hybridized carbons (Fsp3) is 0.286. The Kier molecular flexibility index (Phi) is 3.99. The van der Waals surface area contributed by atoms with E-state index in [-0.39, 0.29) is 5.82 Å². The number of hydrogen-bond donors (Lipinski definition) is 1. The van der Waals surface area contributed by atoms with Gasteiger partial charge < -0.3 is 5.32 Å². The SMILES string of the molecule is CNCc1nc(Cc2cccc(F)c2)ncc1C. The molecule has 0 aliphatic heterocycles. The Labute approximate surface area is 106 Å². The molecule has 0 aliphatic rings. The zero-order chi connectivity index (χ0) is 13.0. The summed E-state index contributed by atoms with van der Waals surface area (Å²) in [6.07, 6.45) is 2.36. The maximum absolute atomic E-state index is 13.1. The maximum Gasteiger partial charge on any atom is 0.132 e. The van der Waals surface area contributed by atoms with E-state index in [1.807, 2.05) is 26.2 Å². The summed E-state index contributed by atoms with van der Waals surface area (Å²) >= 11 is 0. The summed E-state index contributed by atoms with van der Waals surface area (Å²) in [7, 11) is 1.88. The van der Waals surface area contributed by atoms with E-state index in [9.17, 15) is 4.39 Å². The van der Waals surface area contributed by atoms with Crippen LogP contribution < -0.4 is 5.32 Å². The first-order valence-corrected chi connectivity index (χ1v) is 5.89. The topological polar surface area (TPSA) is 37.8 Å². The number of rotatable bonds is 4. The zero-order valence-electron chi connectivity index (χ0n) is 10.6. The number of halogens is 1. The number of benzene rings is 1. The van der Waals surface area contributed by atoms with E-state index in [2.05, 4.69) is 15.3 Å². The molecule has 1 heterocycles.